The molecule has 2 saturated heterocycles. The second kappa shape index (κ2) is 8.54. The summed E-state index contributed by atoms with van der Waals surface area (Å²) in [5, 5.41) is 5.63. The predicted molar refractivity (Wildman–Crippen MR) is 114 cm³/mol. The second-order valence-electron chi connectivity index (χ2n) is 8.53. The van der Waals surface area contributed by atoms with Gasteiger partial charge in [0.25, 0.3) is 0 Å². The fraction of sp³-hybridized carbons (Fsp3) is 0.500. The van der Waals surface area contributed by atoms with Crippen molar-refractivity contribution in [2.24, 2.45) is 0 Å². The molecule has 2 aromatic carbocycles. The average Bonchev–Trinajstić information content (AvgIpc) is 3.12. The minimum Gasteiger partial charge on any atom is -0.380 e. The third kappa shape index (κ3) is 4.61. The number of fused-ring (bicyclic) bond motifs is 1. The van der Waals surface area contributed by atoms with Gasteiger partial charge in [0.1, 0.15) is 0 Å². The van der Waals surface area contributed by atoms with Gasteiger partial charge >= 0.3 is 0 Å². The smallest absolute Gasteiger partial charge is 0.222 e. The van der Waals surface area contributed by atoms with Gasteiger partial charge in [-0.2, -0.15) is 0 Å². The van der Waals surface area contributed by atoms with Crippen molar-refractivity contribution < 1.29 is 14.3 Å². The van der Waals surface area contributed by atoms with Gasteiger partial charge in [0.15, 0.2) is 0 Å². The van der Waals surface area contributed by atoms with Crippen LogP contribution in [0.2, 0.25) is 0 Å². The average molecular weight is 395 g/mol. The van der Waals surface area contributed by atoms with Crippen LogP contribution in [-0.2, 0) is 20.7 Å². The summed E-state index contributed by atoms with van der Waals surface area (Å²) >= 11 is 0. The van der Waals surface area contributed by atoms with Crippen molar-refractivity contribution in [3.05, 3.63) is 48.0 Å². The molecule has 2 aliphatic heterocycles. The Morgan fingerprint density at radius 3 is 2.83 bits per heavy atom. The van der Waals surface area contributed by atoms with Crippen LogP contribution in [0.5, 0.6) is 0 Å². The fourth-order valence-electron chi connectivity index (χ4n) is 4.78. The Kier molecular flexibility index (Phi) is 5.86. The highest BCUT2D eigenvalue weighted by Gasteiger charge is 2.38. The van der Waals surface area contributed by atoms with Crippen molar-refractivity contribution in [3.8, 4) is 0 Å². The van der Waals surface area contributed by atoms with Crippen molar-refractivity contribution >= 4 is 22.6 Å². The van der Waals surface area contributed by atoms with Crippen LogP contribution in [0.25, 0.3) is 10.8 Å². The number of nitrogens with one attached hydrogen (secondary N) is 1. The summed E-state index contributed by atoms with van der Waals surface area (Å²) < 4.78 is 5.45. The van der Waals surface area contributed by atoms with Gasteiger partial charge in [-0.3, -0.25) is 9.59 Å². The quantitative estimate of drug-likeness (QED) is 0.816. The van der Waals surface area contributed by atoms with Gasteiger partial charge in [-0.25, -0.2) is 0 Å². The monoisotopic (exact) mass is 394 g/mol. The Morgan fingerprint density at radius 1 is 1.24 bits per heavy atom. The number of nitrogens with zero attached hydrogens (tertiary/aromatic N) is 1. The number of hydrogen-bond donors (Lipinski definition) is 1. The number of carbonyl (C=O) groups is 2. The van der Waals surface area contributed by atoms with E-state index in [0.29, 0.717) is 25.8 Å². The summed E-state index contributed by atoms with van der Waals surface area (Å²) in [4.78, 5) is 26.8. The fourth-order valence-corrected chi connectivity index (χ4v) is 4.78. The summed E-state index contributed by atoms with van der Waals surface area (Å²) in [6.45, 7) is 1.49. The molecule has 0 spiro atoms. The third-order valence-electron chi connectivity index (χ3n) is 6.47. The standard InChI is InChI=1S/C24H30N2O3/c1-29-21-7-4-14-26(17-21)23(28)11-13-24(12-10-22(27)25-24)16-18-8-9-19-5-2-3-6-20(19)15-18/h2-3,5-6,8-9,15,21H,4,7,10-14,16-17H2,1H3,(H,25,27). The van der Waals surface area contributed by atoms with Crippen molar-refractivity contribution in [3.63, 3.8) is 0 Å². The van der Waals surface area contributed by atoms with Crippen molar-refractivity contribution in [2.75, 3.05) is 20.2 Å². The van der Waals surface area contributed by atoms with Crippen molar-refractivity contribution in [2.45, 2.75) is 56.6 Å². The zero-order chi connectivity index (χ0) is 20.3. The van der Waals surface area contributed by atoms with Crippen molar-refractivity contribution in [1.82, 2.24) is 10.2 Å². The lowest BCUT2D eigenvalue weighted by molar-refractivity contribution is -0.135. The zero-order valence-electron chi connectivity index (χ0n) is 17.2. The molecule has 2 atom stereocenters. The SMILES string of the molecule is COC1CCCN(C(=O)CCC2(Cc3ccc4ccccc4c3)CCC(=O)N2)C1. The lowest BCUT2D eigenvalue weighted by Gasteiger charge is -2.34. The summed E-state index contributed by atoms with van der Waals surface area (Å²) in [5.74, 6) is 0.265. The summed E-state index contributed by atoms with van der Waals surface area (Å²) in [5.41, 5.74) is 0.877. The molecule has 0 aliphatic carbocycles. The van der Waals surface area contributed by atoms with Crippen LogP contribution in [-0.4, -0.2) is 48.6 Å². The first kappa shape index (κ1) is 19.9. The largest absolute Gasteiger partial charge is 0.380 e. The highest BCUT2D eigenvalue weighted by Crippen LogP contribution is 2.31. The molecule has 2 fully saturated rings. The van der Waals surface area contributed by atoms with E-state index in [-0.39, 0.29) is 23.5 Å². The van der Waals surface area contributed by atoms with E-state index >= 15 is 0 Å². The van der Waals surface area contributed by atoms with Gasteiger partial charge in [0.05, 0.1) is 6.10 Å². The molecule has 2 aromatic rings. The van der Waals surface area contributed by atoms with E-state index in [4.69, 9.17) is 4.74 Å². The van der Waals surface area contributed by atoms with Crippen LogP contribution >= 0.6 is 0 Å². The molecule has 0 radical (unpaired) electrons. The molecule has 1 N–H and O–H groups in total. The molecule has 5 heteroatoms. The van der Waals surface area contributed by atoms with Gasteiger partial charge < -0.3 is 15.0 Å². The van der Waals surface area contributed by atoms with Gasteiger partial charge in [0.2, 0.25) is 11.8 Å². The summed E-state index contributed by atoms with van der Waals surface area (Å²) in [6, 6.07) is 14.8. The third-order valence-corrected chi connectivity index (χ3v) is 6.47. The lowest BCUT2D eigenvalue weighted by Crippen LogP contribution is -2.46. The summed E-state index contributed by atoms with van der Waals surface area (Å²) in [7, 11) is 1.71. The molecule has 154 valence electrons. The maximum absolute atomic E-state index is 12.8. The van der Waals surface area contributed by atoms with E-state index in [1.807, 2.05) is 17.0 Å². The van der Waals surface area contributed by atoms with Gasteiger partial charge in [-0.1, -0.05) is 42.5 Å². The molecule has 0 aromatic heterocycles. The van der Waals surface area contributed by atoms with E-state index in [1.54, 1.807) is 7.11 Å². The van der Waals surface area contributed by atoms with E-state index in [2.05, 4.69) is 35.6 Å². The molecular formula is C24H30N2O3. The minimum atomic E-state index is -0.328. The number of rotatable bonds is 6. The lowest BCUT2D eigenvalue weighted by atomic mass is 9.84. The number of likely N-dealkylation sites (tertiary alicyclic amines) is 1. The first-order chi connectivity index (χ1) is 14.1. The van der Waals surface area contributed by atoms with E-state index in [1.165, 1.54) is 16.3 Å². The molecule has 2 unspecified atom stereocenters. The zero-order valence-corrected chi connectivity index (χ0v) is 17.2. The van der Waals surface area contributed by atoms with Crippen LogP contribution in [0.4, 0.5) is 0 Å². The number of carbonyl (C=O) groups excluding carboxylic acids is 2. The number of benzene rings is 2. The van der Waals surface area contributed by atoms with Crippen LogP contribution in [0, 0.1) is 0 Å². The second-order valence-corrected chi connectivity index (χ2v) is 8.53. The van der Waals surface area contributed by atoms with Crippen LogP contribution in [0.15, 0.2) is 42.5 Å². The Labute approximate surface area is 172 Å². The Morgan fingerprint density at radius 2 is 2.07 bits per heavy atom. The Hall–Kier alpha value is -2.40. The van der Waals surface area contributed by atoms with E-state index < -0.39 is 0 Å². The maximum atomic E-state index is 12.8. The normalized spacial score (nSPS) is 24.7. The number of amides is 2. The maximum Gasteiger partial charge on any atom is 0.222 e. The molecule has 2 amide bonds. The molecule has 29 heavy (non-hydrogen) atoms. The van der Waals surface area contributed by atoms with E-state index in [0.717, 1.165) is 32.2 Å². The number of methoxy groups -OCH3 is 1. The Bertz CT molecular complexity index is 897. The number of hydrogen-bond acceptors (Lipinski definition) is 3. The summed E-state index contributed by atoms with van der Waals surface area (Å²) in [6.07, 6.45) is 5.38. The van der Waals surface area contributed by atoms with Gasteiger partial charge in [-0.05, 0) is 48.4 Å². The molecule has 4 rings (SSSR count). The molecule has 2 aliphatic rings. The topological polar surface area (TPSA) is 58.6 Å². The van der Waals surface area contributed by atoms with Crippen molar-refractivity contribution in [1.29, 1.82) is 0 Å². The molecule has 5 nitrogen and oxygen atoms in total. The minimum absolute atomic E-state index is 0.0932. The van der Waals surface area contributed by atoms with Crippen LogP contribution in [0.3, 0.4) is 0 Å². The van der Waals surface area contributed by atoms with Crippen LogP contribution < -0.4 is 5.32 Å². The molecule has 0 saturated carbocycles. The van der Waals surface area contributed by atoms with Crippen LogP contribution in [0.1, 0.15) is 44.1 Å². The van der Waals surface area contributed by atoms with E-state index in [9.17, 15) is 9.59 Å². The highest BCUT2D eigenvalue weighted by atomic mass is 16.5. The predicted octanol–water partition coefficient (Wildman–Crippen LogP) is 3.45. The molecule has 0 bridgehead atoms. The molecule has 2 heterocycles. The highest BCUT2D eigenvalue weighted by molar-refractivity contribution is 5.83. The Balaban J connectivity index is 1.45. The number of piperidine rings is 1. The first-order valence-corrected chi connectivity index (χ1v) is 10.7. The molecular weight excluding hydrogens is 364 g/mol. The first-order valence-electron chi connectivity index (χ1n) is 10.7. The van der Waals surface area contributed by atoms with Gasteiger partial charge in [0, 0.05) is 38.6 Å². The number of ether oxygens (including phenoxy) is 1. The van der Waals surface area contributed by atoms with Gasteiger partial charge in [-0.15, -0.1) is 0 Å².